The van der Waals surface area contributed by atoms with Gasteiger partial charge in [0.25, 0.3) is 0 Å². The van der Waals surface area contributed by atoms with E-state index in [1.165, 1.54) is 0 Å². The average molecular weight is 219 g/mol. The summed E-state index contributed by atoms with van der Waals surface area (Å²) in [6, 6.07) is 0. The molecule has 0 radical (unpaired) electrons. The summed E-state index contributed by atoms with van der Waals surface area (Å²) in [4.78, 5) is 0. The molecule has 1 N–H and O–H groups in total. The summed E-state index contributed by atoms with van der Waals surface area (Å²) in [5.41, 5.74) is 0. The number of ether oxygens (including phenoxy) is 1. The molecule has 0 aromatic heterocycles. The summed E-state index contributed by atoms with van der Waals surface area (Å²) < 4.78 is 17.0. The lowest BCUT2D eigenvalue weighted by Gasteiger charge is -2.08. The lowest BCUT2D eigenvalue weighted by molar-refractivity contribution is 0.128. The van der Waals surface area contributed by atoms with Crippen molar-refractivity contribution in [3.05, 3.63) is 0 Å². The Morgan fingerprint density at radius 1 is 1.50 bits per heavy atom. The molecule has 1 fully saturated rings. The molecule has 1 aliphatic rings. The molecule has 0 aromatic rings. The summed E-state index contributed by atoms with van der Waals surface area (Å²) in [7, 11) is -0.701. The van der Waals surface area contributed by atoms with Gasteiger partial charge in [-0.2, -0.15) is 0 Å². The standard InChI is InChI=1S/C10H21NO2S/c1-2-5-11-6-8-14(12)9-10-4-3-7-13-10/h10-11H,2-9H2,1H3. The molecule has 2 unspecified atom stereocenters. The Hall–Kier alpha value is 0.0700. The highest BCUT2D eigenvalue weighted by atomic mass is 32.2. The Balaban J connectivity index is 1.98. The molecule has 0 aliphatic carbocycles. The van der Waals surface area contributed by atoms with Crippen LogP contribution >= 0.6 is 0 Å². The Morgan fingerprint density at radius 2 is 2.36 bits per heavy atom. The van der Waals surface area contributed by atoms with Crippen molar-refractivity contribution in [2.75, 3.05) is 31.2 Å². The van der Waals surface area contributed by atoms with Crippen LogP contribution in [-0.4, -0.2) is 41.5 Å². The second kappa shape index (κ2) is 7.37. The van der Waals surface area contributed by atoms with Crippen molar-refractivity contribution < 1.29 is 8.95 Å². The third-order valence-electron chi connectivity index (χ3n) is 2.33. The van der Waals surface area contributed by atoms with Gasteiger partial charge in [-0.3, -0.25) is 4.21 Å². The van der Waals surface area contributed by atoms with E-state index in [4.69, 9.17) is 4.74 Å². The molecule has 1 heterocycles. The quantitative estimate of drug-likeness (QED) is 0.647. The summed E-state index contributed by atoms with van der Waals surface area (Å²) >= 11 is 0. The molecule has 0 spiro atoms. The van der Waals surface area contributed by atoms with Crippen LogP contribution in [-0.2, 0) is 15.5 Å². The molecule has 14 heavy (non-hydrogen) atoms. The second-order valence-corrected chi connectivity index (χ2v) is 5.32. The molecule has 0 saturated carbocycles. The van der Waals surface area contributed by atoms with Gasteiger partial charge in [0.05, 0.1) is 6.10 Å². The normalized spacial score (nSPS) is 23.9. The van der Waals surface area contributed by atoms with Gasteiger partial charge in [-0.25, -0.2) is 0 Å². The fourth-order valence-corrected chi connectivity index (χ4v) is 2.77. The Labute approximate surface area is 89.1 Å². The van der Waals surface area contributed by atoms with Crippen LogP contribution in [0.4, 0.5) is 0 Å². The number of rotatable bonds is 7. The molecule has 1 saturated heterocycles. The topological polar surface area (TPSA) is 38.3 Å². The summed E-state index contributed by atoms with van der Waals surface area (Å²) in [6.45, 7) is 4.89. The lowest BCUT2D eigenvalue weighted by Crippen LogP contribution is -2.25. The van der Waals surface area contributed by atoms with Gasteiger partial charge in [0.1, 0.15) is 0 Å². The summed E-state index contributed by atoms with van der Waals surface area (Å²) in [5, 5.41) is 3.26. The first kappa shape index (κ1) is 12.1. The fourth-order valence-electron chi connectivity index (χ4n) is 1.55. The van der Waals surface area contributed by atoms with Crippen LogP contribution < -0.4 is 5.32 Å². The Morgan fingerprint density at radius 3 is 3.00 bits per heavy atom. The van der Waals surface area contributed by atoms with Crippen LogP contribution in [0.5, 0.6) is 0 Å². The van der Waals surface area contributed by atoms with E-state index in [9.17, 15) is 4.21 Å². The number of nitrogens with one attached hydrogen (secondary N) is 1. The van der Waals surface area contributed by atoms with Crippen LogP contribution in [0.25, 0.3) is 0 Å². The predicted octanol–water partition coefficient (Wildman–Crippen LogP) is 0.914. The van der Waals surface area contributed by atoms with Gasteiger partial charge in [0.15, 0.2) is 0 Å². The summed E-state index contributed by atoms with van der Waals surface area (Å²) in [6.07, 6.45) is 3.63. The SMILES string of the molecule is CCCNCCS(=O)CC1CCCO1. The number of hydrogen-bond donors (Lipinski definition) is 1. The largest absolute Gasteiger partial charge is 0.377 e. The molecule has 0 bridgehead atoms. The van der Waals surface area contributed by atoms with E-state index in [2.05, 4.69) is 12.2 Å². The van der Waals surface area contributed by atoms with Crippen LogP contribution in [0.15, 0.2) is 0 Å². The van der Waals surface area contributed by atoms with E-state index in [0.717, 1.165) is 50.5 Å². The molecule has 4 heteroatoms. The van der Waals surface area contributed by atoms with Crippen molar-refractivity contribution in [1.29, 1.82) is 0 Å². The van der Waals surface area contributed by atoms with Crippen LogP contribution in [0.3, 0.4) is 0 Å². The van der Waals surface area contributed by atoms with E-state index in [1.54, 1.807) is 0 Å². The van der Waals surface area contributed by atoms with Crippen LogP contribution in [0, 0.1) is 0 Å². The van der Waals surface area contributed by atoms with Crippen molar-refractivity contribution in [1.82, 2.24) is 5.32 Å². The molecule has 3 nitrogen and oxygen atoms in total. The van der Waals surface area contributed by atoms with E-state index < -0.39 is 10.8 Å². The minimum Gasteiger partial charge on any atom is -0.377 e. The van der Waals surface area contributed by atoms with E-state index in [-0.39, 0.29) is 6.10 Å². The van der Waals surface area contributed by atoms with Gasteiger partial charge >= 0.3 is 0 Å². The molecular formula is C10H21NO2S. The van der Waals surface area contributed by atoms with Gasteiger partial charge in [0, 0.05) is 35.5 Å². The maximum Gasteiger partial charge on any atom is 0.0691 e. The van der Waals surface area contributed by atoms with Gasteiger partial charge < -0.3 is 10.1 Å². The Bertz CT molecular complexity index is 170. The van der Waals surface area contributed by atoms with Crippen molar-refractivity contribution >= 4 is 10.8 Å². The zero-order valence-corrected chi connectivity index (χ0v) is 9.78. The third kappa shape index (κ3) is 5.08. The van der Waals surface area contributed by atoms with E-state index in [1.807, 2.05) is 0 Å². The molecule has 2 atom stereocenters. The van der Waals surface area contributed by atoms with Gasteiger partial charge in [0.2, 0.25) is 0 Å². The maximum atomic E-state index is 11.6. The third-order valence-corrected chi connectivity index (χ3v) is 3.73. The lowest BCUT2D eigenvalue weighted by atomic mass is 10.3. The highest BCUT2D eigenvalue weighted by Crippen LogP contribution is 2.12. The van der Waals surface area contributed by atoms with Crippen LogP contribution in [0.1, 0.15) is 26.2 Å². The highest BCUT2D eigenvalue weighted by Gasteiger charge is 2.17. The zero-order chi connectivity index (χ0) is 10.2. The predicted molar refractivity (Wildman–Crippen MR) is 60.0 cm³/mol. The molecule has 84 valence electrons. The molecule has 0 aromatic carbocycles. The number of hydrogen-bond acceptors (Lipinski definition) is 3. The zero-order valence-electron chi connectivity index (χ0n) is 8.96. The van der Waals surface area contributed by atoms with Crippen LogP contribution in [0.2, 0.25) is 0 Å². The average Bonchev–Trinajstić information content (AvgIpc) is 2.65. The molecule has 1 aliphatic heterocycles. The van der Waals surface area contributed by atoms with Gasteiger partial charge in [-0.1, -0.05) is 6.92 Å². The second-order valence-electron chi connectivity index (χ2n) is 3.70. The highest BCUT2D eigenvalue weighted by molar-refractivity contribution is 7.85. The molecule has 0 amide bonds. The van der Waals surface area contributed by atoms with Gasteiger partial charge in [-0.15, -0.1) is 0 Å². The first-order chi connectivity index (χ1) is 6.83. The smallest absolute Gasteiger partial charge is 0.0691 e. The fraction of sp³-hybridized carbons (Fsp3) is 1.00. The van der Waals surface area contributed by atoms with Crippen molar-refractivity contribution in [2.45, 2.75) is 32.3 Å². The monoisotopic (exact) mass is 219 g/mol. The first-order valence-corrected chi connectivity index (χ1v) is 6.99. The van der Waals surface area contributed by atoms with Gasteiger partial charge in [-0.05, 0) is 25.8 Å². The van der Waals surface area contributed by atoms with Crippen molar-refractivity contribution in [2.24, 2.45) is 0 Å². The van der Waals surface area contributed by atoms with E-state index in [0.29, 0.717) is 0 Å². The maximum absolute atomic E-state index is 11.6. The first-order valence-electron chi connectivity index (χ1n) is 5.50. The summed E-state index contributed by atoms with van der Waals surface area (Å²) in [5.74, 6) is 1.49. The molecule has 1 rings (SSSR count). The van der Waals surface area contributed by atoms with Crippen molar-refractivity contribution in [3.8, 4) is 0 Å². The minimum atomic E-state index is -0.701. The minimum absolute atomic E-state index is 0.266. The van der Waals surface area contributed by atoms with E-state index >= 15 is 0 Å². The molecular weight excluding hydrogens is 198 g/mol. The Kier molecular flexibility index (Phi) is 6.39. The van der Waals surface area contributed by atoms with Crippen molar-refractivity contribution in [3.63, 3.8) is 0 Å².